The first-order valence-electron chi connectivity index (χ1n) is 10.5. The summed E-state index contributed by atoms with van der Waals surface area (Å²) in [5.74, 6) is -4.12. The molecule has 0 N–H and O–H groups in total. The summed E-state index contributed by atoms with van der Waals surface area (Å²) in [6.07, 6.45) is 7.00. The molecular formula is C25H24O9. The summed E-state index contributed by atoms with van der Waals surface area (Å²) >= 11 is 0. The number of aldehydes is 1. The largest absolute Gasteiger partial charge is 0.466 e. The zero-order valence-electron chi connectivity index (χ0n) is 19.6. The maximum atomic E-state index is 13.4. The van der Waals surface area contributed by atoms with Gasteiger partial charge in [-0.05, 0) is 13.8 Å². The Balaban J connectivity index is 2.31. The highest BCUT2D eigenvalue weighted by atomic mass is 16.5. The summed E-state index contributed by atoms with van der Waals surface area (Å²) in [5.41, 5.74) is -4.35. The van der Waals surface area contributed by atoms with Crippen molar-refractivity contribution in [2.45, 2.75) is 13.8 Å². The van der Waals surface area contributed by atoms with E-state index >= 15 is 0 Å². The first-order chi connectivity index (χ1) is 16.1. The summed E-state index contributed by atoms with van der Waals surface area (Å²) < 4.78 is 20.2. The van der Waals surface area contributed by atoms with E-state index in [1.165, 1.54) is 13.2 Å². The number of carbonyl (C=O) groups is 5. The molecule has 178 valence electrons. The maximum Gasteiger partial charge on any atom is 0.335 e. The number of ether oxygens (including phenoxy) is 4. The highest BCUT2D eigenvalue weighted by Gasteiger charge is 2.79. The van der Waals surface area contributed by atoms with Crippen LogP contribution in [-0.2, 0) is 42.9 Å². The SMILES string of the molecule is COC(=O)C1=C(C(=O)OC)C23C=C(C)C1C(C)=CC21C=CC3(C=O)C(C(=O)OC)=C1C(=O)OC. The summed E-state index contributed by atoms with van der Waals surface area (Å²) in [6.45, 7) is 3.50. The number of hydrogen-bond acceptors (Lipinski definition) is 9. The van der Waals surface area contributed by atoms with Crippen molar-refractivity contribution in [3.8, 4) is 0 Å². The van der Waals surface area contributed by atoms with Crippen LogP contribution < -0.4 is 0 Å². The molecule has 5 aliphatic carbocycles. The lowest BCUT2D eigenvalue weighted by atomic mass is 9.52. The molecule has 0 fully saturated rings. The Kier molecular flexibility index (Phi) is 5.08. The molecule has 0 heterocycles. The van der Waals surface area contributed by atoms with Crippen LogP contribution in [0.1, 0.15) is 13.8 Å². The van der Waals surface area contributed by atoms with E-state index in [2.05, 4.69) is 0 Å². The van der Waals surface area contributed by atoms with Gasteiger partial charge in [-0.15, -0.1) is 0 Å². The molecule has 0 aliphatic heterocycles. The topological polar surface area (TPSA) is 122 Å². The van der Waals surface area contributed by atoms with Crippen LogP contribution >= 0.6 is 0 Å². The second-order valence-corrected chi connectivity index (χ2v) is 8.71. The Labute approximate surface area is 195 Å². The Morgan fingerprint density at radius 1 is 0.735 bits per heavy atom. The molecule has 0 aromatic carbocycles. The van der Waals surface area contributed by atoms with Crippen molar-refractivity contribution in [1.29, 1.82) is 0 Å². The molecule has 0 radical (unpaired) electrons. The fourth-order valence-electron chi connectivity index (χ4n) is 6.48. The molecule has 5 aliphatic rings. The van der Waals surface area contributed by atoms with Crippen molar-refractivity contribution in [2.75, 3.05) is 28.4 Å². The van der Waals surface area contributed by atoms with Gasteiger partial charge >= 0.3 is 23.9 Å². The average molecular weight is 468 g/mol. The van der Waals surface area contributed by atoms with Gasteiger partial charge in [0.2, 0.25) is 0 Å². The Hall–Kier alpha value is -3.75. The molecule has 0 aromatic heterocycles. The van der Waals surface area contributed by atoms with Gasteiger partial charge in [0, 0.05) is 5.92 Å². The summed E-state index contributed by atoms with van der Waals surface area (Å²) in [6, 6.07) is 0. The summed E-state index contributed by atoms with van der Waals surface area (Å²) in [5, 5.41) is 0. The molecule has 1 spiro atoms. The Morgan fingerprint density at radius 2 is 1.24 bits per heavy atom. The van der Waals surface area contributed by atoms with Gasteiger partial charge < -0.3 is 23.7 Å². The molecule has 0 aromatic rings. The lowest BCUT2D eigenvalue weighted by Gasteiger charge is -2.47. The van der Waals surface area contributed by atoms with Crippen molar-refractivity contribution < 1.29 is 42.9 Å². The number of allylic oxidation sites excluding steroid dienone is 6. The van der Waals surface area contributed by atoms with Crippen LogP contribution in [0.5, 0.6) is 0 Å². The minimum Gasteiger partial charge on any atom is -0.466 e. The van der Waals surface area contributed by atoms with Gasteiger partial charge in [-0.1, -0.05) is 35.5 Å². The van der Waals surface area contributed by atoms with Gasteiger partial charge in [0.1, 0.15) is 6.29 Å². The monoisotopic (exact) mass is 468 g/mol. The molecule has 0 saturated carbocycles. The number of rotatable bonds is 5. The molecule has 0 saturated heterocycles. The first-order valence-corrected chi connectivity index (χ1v) is 10.5. The zero-order valence-corrected chi connectivity index (χ0v) is 19.6. The van der Waals surface area contributed by atoms with Gasteiger partial charge in [-0.3, -0.25) is 0 Å². The maximum absolute atomic E-state index is 13.4. The van der Waals surface area contributed by atoms with Gasteiger partial charge in [0.25, 0.3) is 0 Å². The van der Waals surface area contributed by atoms with Crippen LogP contribution in [0.25, 0.3) is 0 Å². The van der Waals surface area contributed by atoms with Crippen molar-refractivity contribution in [2.24, 2.45) is 22.2 Å². The van der Waals surface area contributed by atoms with Gasteiger partial charge in [0.05, 0.1) is 67.0 Å². The van der Waals surface area contributed by atoms with E-state index in [1.807, 2.05) is 0 Å². The fraction of sp³-hybridized carbons (Fsp3) is 0.400. The molecule has 9 nitrogen and oxygen atoms in total. The summed E-state index contributed by atoms with van der Waals surface area (Å²) in [4.78, 5) is 65.9. The fourth-order valence-corrected chi connectivity index (χ4v) is 6.48. The highest BCUT2D eigenvalue weighted by Crippen LogP contribution is 2.77. The number of esters is 4. The van der Waals surface area contributed by atoms with E-state index in [1.54, 1.807) is 32.1 Å². The molecule has 4 atom stereocenters. The van der Waals surface area contributed by atoms with Gasteiger partial charge in [-0.2, -0.15) is 0 Å². The molecule has 5 rings (SSSR count). The molecule has 0 amide bonds. The normalized spacial score (nSPS) is 32.5. The van der Waals surface area contributed by atoms with E-state index in [9.17, 15) is 24.0 Å². The molecule has 34 heavy (non-hydrogen) atoms. The quantitative estimate of drug-likeness (QED) is 0.256. The van der Waals surface area contributed by atoms with Crippen LogP contribution in [-0.4, -0.2) is 58.6 Å². The number of hydrogen-bond donors (Lipinski definition) is 0. The predicted molar refractivity (Wildman–Crippen MR) is 116 cm³/mol. The van der Waals surface area contributed by atoms with E-state index < -0.39 is 46.0 Å². The third kappa shape index (κ3) is 2.26. The van der Waals surface area contributed by atoms with Crippen molar-refractivity contribution in [1.82, 2.24) is 0 Å². The van der Waals surface area contributed by atoms with Crippen LogP contribution in [0.15, 0.2) is 57.7 Å². The molecule has 4 unspecified atom stereocenters. The second kappa shape index (κ2) is 7.38. The third-order valence-electron chi connectivity index (χ3n) is 7.51. The van der Waals surface area contributed by atoms with E-state index in [-0.39, 0.29) is 22.3 Å². The van der Waals surface area contributed by atoms with Crippen LogP contribution in [0.2, 0.25) is 0 Å². The van der Waals surface area contributed by atoms with E-state index in [0.717, 1.165) is 21.3 Å². The van der Waals surface area contributed by atoms with Crippen molar-refractivity contribution in [3.05, 3.63) is 57.7 Å². The van der Waals surface area contributed by atoms with Gasteiger partial charge in [0.15, 0.2) is 0 Å². The minimum atomic E-state index is -1.86. The number of carbonyl (C=O) groups excluding carboxylic acids is 5. The first kappa shape index (κ1) is 23.4. The van der Waals surface area contributed by atoms with E-state index in [0.29, 0.717) is 17.4 Å². The molecule has 9 heteroatoms. The van der Waals surface area contributed by atoms with E-state index in [4.69, 9.17) is 18.9 Å². The standard InChI is InChI=1S/C25H24O9/c1-12-9-23-7-8-24(11-26,18(22(30)34-6)17(23)21(29)33-5)25(23)10-13(2)14(12)15(19(27)31-3)16(25)20(28)32-4/h7-11,14H,1-6H3. The summed E-state index contributed by atoms with van der Waals surface area (Å²) in [7, 11) is 4.61. The highest BCUT2D eigenvalue weighted by molar-refractivity contribution is 6.14. The zero-order chi connectivity index (χ0) is 25.2. The average Bonchev–Trinajstić information content (AvgIpc) is 3.12. The Morgan fingerprint density at radius 3 is 1.76 bits per heavy atom. The smallest absolute Gasteiger partial charge is 0.335 e. The van der Waals surface area contributed by atoms with Crippen LogP contribution in [0, 0.1) is 22.2 Å². The van der Waals surface area contributed by atoms with Gasteiger partial charge in [-0.25, -0.2) is 19.2 Å². The second-order valence-electron chi connectivity index (χ2n) is 8.71. The lowest BCUT2D eigenvalue weighted by Crippen LogP contribution is -2.50. The van der Waals surface area contributed by atoms with Crippen molar-refractivity contribution in [3.63, 3.8) is 0 Å². The molecular weight excluding hydrogens is 444 g/mol. The number of methoxy groups -OCH3 is 4. The van der Waals surface area contributed by atoms with Crippen molar-refractivity contribution >= 4 is 30.2 Å². The minimum absolute atomic E-state index is 0.00442. The lowest BCUT2D eigenvalue weighted by molar-refractivity contribution is -0.142. The Bertz CT molecular complexity index is 1230. The predicted octanol–water partition coefficient (Wildman–Crippen LogP) is 1.55. The van der Waals surface area contributed by atoms with Crippen LogP contribution in [0.3, 0.4) is 0 Å². The third-order valence-corrected chi connectivity index (χ3v) is 7.51. The molecule has 4 bridgehead atoms. The van der Waals surface area contributed by atoms with Crippen LogP contribution in [0.4, 0.5) is 0 Å².